The summed E-state index contributed by atoms with van der Waals surface area (Å²) in [6.45, 7) is 4.07. The van der Waals surface area contributed by atoms with Crippen molar-refractivity contribution in [3.8, 4) is 17.1 Å². The van der Waals surface area contributed by atoms with E-state index in [4.69, 9.17) is 9.26 Å². The van der Waals surface area contributed by atoms with E-state index in [-0.39, 0.29) is 17.7 Å². The van der Waals surface area contributed by atoms with Gasteiger partial charge in [-0.25, -0.2) is 0 Å². The fraction of sp³-hybridized carbons (Fsp3) is 0.294. The van der Waals surface area contributed by atoms with Gasteiger partial charge in [-0.2, -0.15) is 0 Å². The number of carbonyl (C=O) groups is 1. The molecule has 0 aliphatic carbocycles. The van der Waals surface area contributed by atoms with Crippen molar-refractivity contribution in [2.75, 3.05) is 11.1 Å². The molecule has 0 radical (unpaired) electrons. The van der Waals surface area contributed by atoms with Crippen molar-refractivity contribution in [3.63, 3.8) is 0 Å². The summed E-state index contributed by atoms with van der Waals surface area (Å²) < 4.78 is 11.9. The minimum Gasteiger partial charge on any atom is -0.490 e. The molecule has 0 saturated carbocycles. The first-order chi connectivity index (χ1) is 12.6. The highest BCUT2D eigenvalue weighted by Crippen LogP contribution is 2.33. The van der Waals surface area contributed by atoms with Crippen molar-refractivity contribution in [3.05, 3.63) is 35.5 Å². The van der Waals surface area contributed by atoms with Crippen LogP contribution in [0, 0.1) is 0 Å². The van der Waals surface area contributed by atoms with E-state index in [0.29, 0.717) is 10.9 Å². The molecule has 26 heavy (non-hydrogen) atoms. The van der Waals surface area contributed by atoms with Crippen LogP contribution in [0.5, 0.6) is 5.75 Å². The quantitative estimate of drug-likeness (QED) is 0.524. The number of anilines is 1. The Balaban J connectivity index is 1.49. The van der Waals surface area contributed by atoms with Gasteiger partial charge in [-0.15, -0.1) is 10.2 Å². The molecule has 1 aliphatic heterocycles. The highest BCUT2D eigenvalue weighted by Gasteiger charge is 2.21. The lowest BCUT2D eigenvalue weighted by atomic mass is 10.1. The lowest BCUT2D eigenvalue weighted by molar-refractivity contribution is 0.101. The van der Waals surface area contributed by atoms with E-state index in [9.17, 15) is 4.79 Å². The van der Waals surface area contributed by atoms with Gasteiger partial charge >= 0.3 is 0 Å². The zero-order chi connectivity index (χ0) is 18.1. The summed E-state index contributed by atoms with van der Waals surface area (Å²) in [5.74, 6) is 1.97. The normalized spacial score (nSPS) is 15.5. The van der Waals surface area contributed by atoms with Crippen LogP contribution in [0.1, 0.15) is 29.9 Å². The molecule has 1 amide bonds. The van der Waals surface area contributed by atoms with E-state index in [0.717, 1.165) is 33.4 Å². The Morgan fingerprint density at radius 3 is 3.12 bits per heavy atom. The number of hydrogen-bond acceptors (Lipinski definition) is 8. The molecule has 9 heteroatoms. The Hall–Kier alpha value is -2.39. The number of ether oxygens (including phenoxy) is 1. The maximum atomic E-state index is 12.3. The molecule has 1 atom stereocenters. The molecule has 0 spiro atoms. The molecule has 1 aliphatic rings. The van der Waals surface area contributed by atoms with Crippen molar-refractivity contribution in [1.29, 1.82) is 0 Å². The number of amides is 1. The Morgan fingerprint density at radius 2 is 2.27 bits per heavy atom. The number of nitrogens with one attached hydrogen (secondary N) is 1. The van der Waals surface area contributed by atoms with E-state index in [1.165, 1.54) is 11.3 Å². The molecule has 1 aromatic carbocycles. The fourth-order valence-corrected chi connectivity index (χ4v) is 4.34. The minimum absolute atomic E-state index is 0.180. The number of rotatable bonds is 5. The lowest BCUT2D eigenvalue weighted by Gasteiger charge is -2.02. The van der Waals surface area contributed by atoms with Crippen LogP contribution in [0.4, 0.5) is 5.13 Å². The van der Waals surface area contributed by atoms with Gasteiger partial charge in [0.15, 0.2) is 15.8 Å². The number of carbonyl (C=O) groups excluding carboxylic acids is 1. The number of aromatic nitrogens is 3. The molecule has 0 saturated heterocycles. The second-order valence-corrected chi connectivity index (χ2v) is 8.28. The largest absolute Gasteiger partial charge is 0.490 e. The van der Waals surface area contributed by atoms with Crippen LogP contribution >= 0.6 is 23.1 Å². The molecular formula is C17H16N4O3S2. The molecule has 3 heterocycles. The average molecular weight is 388 g/mol. The summed E-state index contributed by atoms with van der Waals surface area (Å²) in [7, 11) is 0. The highest BCUT2D eigenvalue weighted by molar-refractivity contribution is 8.01. The van der Waals surface area contributed by atoms with Crippen LogP contribution in [0.15, 0.2) is 33.1 Å². The summed E-state index contributed by atoms with van der Waals surface area (Å²) in [5, 5.41) is 15.0. The molecule has 3 aromatic rings. The molecule has 1 N–H and O–H groups in total. The average Bonchev–Trinajstić information content (AvgIpc) is 3.33. The second kappa shape index (κ2) is 7.08. The van der Waals surface area contributed by atoms with Gasteiger partial charge in [0.2, 0.25) is 5.13 Å². The van der Waals surface area contributed by atoms with Crippen LogP contribution in [0.3, 0.4) is 0 Å². The van der Waals surface area contributed by atoms with Crippen LogP contribution in [0.2, 0.25) is 0 Å². The van der Waals surface area contributed by atoms with Gasteiger partial charge in [-0.3, -0.25) is 10.1 Å². The maximum Gasteiger partial charge on any atom is 0.279 e. The number of nitrogens with zero attached hydrogens (tertiary/aromatic N) is 3. The molecular weight excluding hydrogens is 372 g/mol. The fourth-order valence-electron chi connectivity index (χ4n) is 2.70. The summed E-state index contributed by atoms with van der Waals surface area (Å²) in [6.07, 6.45) is 1.04. The van der Waals surface area contributed by atoms with Gasteiger partial charge in [-0.1, -0.05) is 35.2 Å². The molecule has 0 fully saturated rings. The number of fused-ring (bicyclic) bond motifs is 1. The zero-order valence-corrected chi connectivity index (χ0v) is 15.8. The Morgan fingerprint density at radius 1 is 1.38 bits per heavy atom. The van der Waals surface area contributed by atoms with Gasteiger partial charge in [0.05, 0.1) is 0 Å². The topological polar surface area (TPSA) is 90.1 Å². The molecule has 0 unspecified atom stereocenters. The molecule has 0 bridgehead atoms. The third-order valence-electron chi connectivity index (χ3n) is 3.82. The second-order valence-electron chi connectivity index (χ2n) is 5.79. The monoisotopic (exact) mass is 388 g/mol. The van der Waals surface area contributed by atoms with Gasteiger partial charge in [0, 0.05) is 18.1 Å². The van der Waals surface area contributed by atoms with Gasteiger partial charge in [-0.05, 0) is 36.4 Å². The Bertz CT molecular complexity index is 953. The minimum atomic E-state index is -0.373. The smallest absolute Gasteiger partial charge is 0.279 e. The first-order valence-electron chi connectivity index (χ1n) is 8.16. The van der Waals surface area contributed by atoms with E-state index in [2.05, 4.69) is 20.7 Å². The summed E-state index contributed by atoms with van der Waals surface area (Å²) in [4.78, 5) is 12.3. The van der Waals surface area contributed by atoms with Gasteiger partial charge in [0.1, 0.15) is 11.9 Å². The van der Waals surface area contributed by atoms with Crippen LogP contribution in [-0.4, -0.2) is 33.1 Å². The Labute approximate surface area is 158 Å². The van der Waals surface area contributed by atoms with Crippen molar-refractivity contribution >= 4 is 34.1 Å². The van der Waals surface area contributed by atoms with Crippen molar-refractivity contribution in [2.24, 2.45) is 0 Å². The predicted molar refractivity (Wildman–Crippen MR) is 100.0 cm³/mol. The Kier molecular flexibility index (Phi) is 4.64. The number of thioether (sulfide) groups is 1. The third-order valence-corrected chi connectivity index (χ3v) is 5.67. The van der Waals surface area contributed by atoms with Gasteiger partial charge in [0.25, 0.3) is 5.91 Å². The molecule has 134 valence electrons. The molecule has 2 aromatic heterocycles. The first kappa shape index (κ1) is 17.0. The zero-order valence-electron chi connectivity index (χ0n) is 14.2. The van der Waals surface area contributed by atoms with Crippen molar-refractivity contribution in [1.82, 2.24) is 15.4 Å². The molecule has 7 nitrogen and oxygen atoms in total. The standard InChI is InChI=1S/C17H16N4O3S2/c1-3-25-17-20-19-16(26-17)18-15(22)12-8-14(24-21-12)10-4-5-13-11(7-10)6-9(2)23-13/h4-5,7-9H,3,6H2,1-2H3,(H,18,19,22)/t9-/m1/s1. The van der Waals surface area contributed by atoms with Crippen LogP contribution in [-0.2, 0) is 6.42 Å². The number of benzene rings is 1. The van der Waals surface area contributed by atoms with E-state index in [1.54, 1.807) is 17.8 Å². The predicted octanol–water partition coefficient (Wildman–Crippen LogP) is 3.88. The van der Waals surface area contributed by atoms with Crippen LogP contribution < -0.4 is 10.1 Å². The third kappa shape index (κ3) is 3.45. The van der Waals surface area contributed by atoms with E-state index in [1.807, 2.05) is 32.0 Å². The maximum absolute atomic E-state index is 12.3. The first-order valence-corrected chi connectivity index (χ1v) is 9.97. The SMILES string of the molecule is CCSc1nnc(NC(=O)c2cc(-c3ccc4c(c3)C[C@@H](C)O4)on2)s1. The number of hydrogen-bond donors (Lipinski definition) is 1. The summed E-state index contributed by atoms with van der Waals surface area (Å²) >= 11 is 2.91. The van der Waals surface area contributed by atoms with Crippen LogP contribution in [0.25, 0.3) is 11.3 Å². The van der Waals surface area contributed by atoms with E-state index >= 15 is 0 Å². The van der Waals surface area contributed by atoms with Crippen molar-refractivity contribution in [2.45, 2.75) is 30.7 Å². The van der Waals surface area contributed by atoms with E-state index < -0.39 is 0 Å². The highest BCUT2D eigenvalue weighted by atomic mass is 32.2. The van der Waals surface area contributed by atoms with Gasteiger partial charge < -0.3 is 9.26 Å². The summed E-state index contributed by atoms with van der Waals surface area (Å²) in [5.41, 5.74) is 2.20. The summed E-state index contributed by atoms with van der Waals surface area (Å²) in [6, 6.07) is 7.46. The van der Waals surface area contributed by atoms with Crippen molar-refractivity contribution < 1.29 is 14.1 Å². The molecule has 4 rings (SSSR count). The lowest BCUT2D eigenvalue weighted by Crippen LogP contribution is -2.11.